The summed E-state index contributed by atoms with van der Waals surface area (Å²) in [5.74, 6) is -4.61. The first-order valence-electron chi connectivity index (χ1n) is 12.0. The van der Waals surface area contributed by atoms with Gasteiger partial charge in [0, 0.05) is 6.92 Å². The summed E-state index contributed by atoms with van der Waals surface area (Å²) in [6, 6.07) is -4.37. The molecule has 0 aliphatic carbocycles. The van der Waals surface area contributed by atoms with Gasteiger partial charge in [-0.25, -0.2) is 38.8 Å². The summed E-state index contributed by atoms with van der Waals surface area (Å²) in [4.78, 5) is 113. The Balaban J connectivity index is 1.41. The lowest BCUT2D eigenvalue weighted by atomic mass is 10.1. The zero-order chi connectivity index (χ0) is 29.3. The van der Waals surface area contributed by atoms with Gasteiger partial charge in [0.2, 0.25) is 23.6 Å². The fourth-order valence-corrected chi connectivity index (χ4v) is 4.85. The Morgan fingerprint density at radius 1 is 0.575 bits per heavy atom. The summed E-state index contributed by atoms with van der Waals surface area (Å²) in [6.45, 7) is -0.294. The number of aliphatic carboxylic acids is 1. The predicted octanol–water partition coefficient (Wildman–Crippen LogP) is -0.959. The van der Waals surface area contributed by atoms with Crippen LogP contribution in [0.1, 0.15) is 32.6 Å². The Hall–Kier alpha value is -4.77. The van der Waals surface area contributed by atoms with Crippen LogP contribution in [0.15, 0.2) is 0 Å². The lowest BCUT2D eigenvalue weighted by Gasteiger charge is -2.25. The summed E-state index contributed by atoms with van der Waals surface area (Å²) in [5.41, 5.74) is 0. The van der Waals surface area contributed by atoms with Crippen LogP contribution in [0.5, 0.6) is 0 Å². The second-order valence-corrected chi connectivity index (χ2v) is 9.31. The van der Waals surface area contributed by atoms with E-state index in [4.69, 9.17) is 24.1 Å². The van der Waals surface area contributed by atoms with Crippen LogP contribution >= 0.6 is 0 Å². The Morgan fingerprint density at radius 2 is 0.850 bits per heavy atom. The number of ether oxygens (including phenoxy) is 4. The Labute approximate surface area is 224 Å². The normalized spacial score (nSPS) is 26.0. The van der Waals surface area contributed by atoms with Gasteiger partial charge in [-0.1, -0.05) is 0 Å². The van der Waals surface area contributed by atoms with E-state index < -0.39 is 117 Å². The van der Waals surface area contributed by atoms with Gasteiger partial charge in [-0.2, -0.15) is 0 Å². The Bertz CT molecular complexity index is 1190. The molecule has 0 aromatic carbocycles. The van der Waals surface area contributed by atoms with Crippen molar-refractivity contribution >= 4 is 54.0 Å². The van der Waals surface area contributed by atoms with E-state index in [-0.39, 0.29) is 13.2 Å². The standard InChI is InChI=1S/C22H24N4O14/c1-10(27)23-11(6-37-19(23)33)2-15(28)24-12(7-38-20(24)34)3-16(29)25-13(8-39-21(25)35)4-17(30)26-14(5-18(31)32)9-40-22(26)36/h11-14H,2-9H2,1H3,(H,31,32)/t11-,12-,13-,14-/m0/s1. The van der Waals surface area contributed by atoms with Crippen LogP contribution in [0.3, 0.4) is 0 Å². The zero-order valence-corrected chi connectivity index (χ0v) is 21.0. The highest BCUT2D eigenvalue weighted by Crippen LogP contribution is 2.26. The quantitative estimate of drug-likeness (QED) is 0.348. The SMILES string of the molecule is CC(=O)N1C(=O)OC[C@@H]1CC(=O)N1C(=O)OC[C@@H]1CC(=O)N1C(=O)OC[C@@H]1CC(=O)N1C(=O)OC[C@@H]1CC(=O)O. The van der Waals surface area contributed by atoms with Gasteiger partial charge in [0.25, 0.3) is 0 Å². The molecule has 4 fully saturated rings. The van der Waals surface area contributed by atoms with Crippen LogP contribution in [0.2, 0.25) is 0 Å². The summed E-state index contributed by atoms with van der Waals surface area (Å²) in [6.07, 6.45) is -6.41. The van der Waals surface area contributed by atoms with Gasteiger partial charge in [-0.05, 0) is 0 Å². The number of carbonyl (C=O) groups excluding carboxylic acids is 8. The van der Waals surface area contributed by atoms with E-state index in [1.807, 2.05) is 0 Å². The van der Waals surface area contributed by atoms with Crippen molar-refractivity contribution in [3.63, 3.8) is 0 Å². The van der Waals surface area contributed by atoms with Crippen LogP contribution < -0.4 is 0 Å². The molecule has 1 N–H and O–H groups in total. The van der Waals surface area contributed by atoms with E-state index in [1.165, 1.54) is 0 Å². The van der Waals surface area contributed by atoms with Crippen molar-refractivity contribution in [2.45, 2.75) is 56.8 Å². The van der Waals surface area contributed by atoms with Crippen LogP contribution in [0.25, 0.3) is 0 Å². The molecule has 4 aliphatic heterocycles. The van der Waals surface area contributed by atoms with E-state index in [0.29, 0.717) is 14.7 Å². The van der Waals surface area contributed by atoms with Gasteiger partial charge in [0.15, 0.2) is 0 Å². The molecule has 8 amide bonds. The molecule has 4 rings (SSSR count). The second kappa shape index (κ2) is 11.1. The van der Waals surface area contributed by atoms with Crippen LogP contribution in [-0.2, 0) is 42.9 Å². The average Bonchev–Trinajstić information content (AvgIpc) is 3.60. The van der Waals surface area contributed by atoms with Crippen molar-refractivity contribution in [1.82, 2.24) is 19.6 Å². The first-order valence-corrected chi connectivity index (χ1v) is 12.0. The number of hydrogen-bond donors (Lipinski definition) is 1. The molecule has 4 heterocycles. The number of rotatable bonds is 8. The molecule has 0 aromatic heterocycles. The van der Waals surface area contributed by atoms with Gasteiger partial charge in [0.1, 0.15) is 26.4 Å². The van der Waals surface area contributed by atoms with Gasteiger partial charge >= 0.3 is 30.3 Å². The molecule has 4 aliphatic rings. The molecule has 0 aromatic rings. The molecule has 0 bridgehead atoms. The third kappa shape index (κ3) is 5.50. The summed E-state index contributed by atoms with van der Waals surface area (Å²) in [7, 11) is 0. The van der Waals surface area contributed by atoms with Gasteiger partial charge in [-0.15, -0.1) is 0 Å². The Morgan fingerprint density at radius 3 is 1.15 bits per heavy atom. The molecule has 4 atom stereocenters. The number of amides is 8. The first kappa shape index (κ1) is 28.2. The van der Waals surface area contributed by atoms with Crippen molar-refractivity contribution in [3.8, 4) is 0 Å². The predicted molar refractivity (Wildman–Crippen MR) is 120 cm³/mol. The second-order valence-electron chi connectivity index (χ2n) is 9.31. The van der Waals surface area contributed by atoms with Crippen LogP contribution in [0.4, 0.5) is 19.2 Å². The fourth-order valence-electron chi connectivity index (χ4n) is 4.85. The number of nitrogens with zero attached hydrogens (tertiary/aromatic N) is 4. The maximum atomic E-state index is 13.1. The summed E-state index contributed by atoms with van der Waals surface area (Å²) < 4.78 is 19.4. The number of carboxylic acid groups (broad SMARTS) is 1. The monoisotopic (exact) mass is 568 g/mol. The van der Waals surface area contributed by atoms with Crippen LogP contribution in [-0.4, -0.2) is 129 Å². The summed E-state index contributed by atoms with van der Waals surface area (Å²) in [5, 5.41) is 9.01. The van der Waals surface area contributed by atoms with Crippen LogP contribution in [0, 0.1) is 0 Å². The number of hydrogen-bond acceptors (Lipinski definition) is 13. The number of cyclic esters (lactones) is 4. The molecular formula is C22H24N4O14. The van der Waals surface area contributed by atoms with Crippen molar-refractivity contribution in [2.24, 2.45) is 0 Å². The highest BCUT2D eigenvalue weighted by Gasteiger charge is 2.47. The van der Waals surface area contributed by atoms with E-state index in [0.717, 1.165) is 11.8 Å². The fraction of sp³-hybridized carbons (Fsp3) is 0.591. The van der Waals surface area contributed by atoms with Crippen molar-refractivity contribution in [3.05, 3.63) is 0 Å². The average molecular weight is 568 g/mol. The first-order chi connectivity index (χ1) is 18.9. The molecule has 0 radical (unpaired) electrons. The third-order valence-electron chi connectivity index (χ3n) is 6.63. The maximum Gasteiger partial charge on any atom is 0.416 e. The van der Waals surface area contributed by atoms with Crippen molar-refractivity contribution in [2.75, 3.05) is 26.4 Å². The number of carboxylic acids is 1. The number of imide groups is 4. The van der Waals surface area contributed by atoms with Gasteiger partial charge in [0.05, 0.1) is 49.9 Å². The minimum atomic E-state index is -1.27. The third-order valence-corrected chi connectivity index (χ3v) is 6.63. The molecule has 4 saturated heterocycles. The van der Waals surface area contributed by atoms with Gasteiger partial charge < -0.3 is 24.1 Å². The minimum absolute atomic E-state index is 0.274. The maximum absolute atomic E-state index is 13.1. The van der Waals surface area contributed by atoms with Gasteiger partial charge in [-0.3, -0.25) is 24.0 Å². The molecule has 18 nitrogen and oxygen atoms in total. The molecule has 0 unspecified atom stereocenters. The van der Waals surface area contributed by atoms with E-state index >= 15 is 0 Å². The minimum Gasteiger partial charge on any atom is -0.481 e. The lowest BCUT2D eigenvalue weighted by Crippen LogP contribution is -2.48. The van der Waals surface area contributed by atoms with E-state index in [2.05, 4.69) is 0 Å². The van der Waals surface area contributed by atoms with Crippen molar-refractivity contribution < 1.29 is 67.2 Å². The molecule has 0 spiro atoms. The molecule has 40 heavy (non-hydrogen) atoms. The number of carbonyl (C=O) groups is 9. The molecule has 0 saturated carbocycles. The molecule has 18 heteroatoms. The largest absolute Gasteiger partial charge is 0.481 e. The Kier molecular flexibility index (Phi) is 7.87. The molecule has 216 valence electrons. The highest BCUT2D eigenvalue weighted by molar-refractivity contribution is 5.99. The smallest absolute Gasteiger partial charge is 0.416 e. The highest BCUT2D eigenvalue weighted by atomic mass is 16.6. The zero-order valence-electron chi connectivity index (χ0n) is 21.0. The lowest BCUT2D eigenvalue weighted by molar-refractivity contribution is -0.139. The van der Waals surface area contributed by atoms with E-state index in [1.54, 1.807) is 0 Å². The topological polar surface area (TPSA) is 224 Å². The summed E-state index contributed by atoms with van der Waals surface area (Å²) >= 11 is 0. The van der Waals surface area contributed by atoms with Crippen molar-refractivity contribution in [1.29, 1.82) is 0 Å². The molecular weight excluding hydrogens is 544 g/mol. The van der Waals surface area contributed by atoms with E-state index in [9.17, 15) is 43.2 Å².